The maximum absolute atomic E-state index is 2.66. The molecule has 16 heavy (non-hydrogen) atoms. The fraction of sp³-hybridized carbons (Fsp3) is 1.00. The minimum absolute atomic E-state index is 0.619. The lowest BCUT2D eigenvalue weighted by Gasteiger charge is -2.26. The highest BCUT2D eigenvalue weighted by atomic mass is 15.2. The van der Waals surface area contributed by atoms with Crippen LogP contribution in [-0.4, -0.2) is 48.6 Å². The van der Waals surface area contributed by atoms with Gasteiger partial charge in [0.15, 0.2) is 0 Å². The lowest BCUT2D eigenvalue weighted by atomic mass is 9.83. The molecule has 0 aromatic rings. The number of likely N-dealkylation sites (tertiary alicyclic amines) is 2. The molecule has 2 rings (SSSR count). The van der Waals surface area contributed by atoms with Gasteiger partial charge in [0, 0.05) is 25.2 Å². The van der Waals surface area contributed by atoms with Crippen LogP contribution in [-0.2, 0) is 0 Å². The maximum atomic E-state index is 2.66. The van der Waals surface area contributed by atoms with E-state index in [2.05, 4.69) is 44.5 Å². The van der Waals surface area contributed by atoms with Crippen molar-refractivity contribution in [2.24, 2.45) is 11.3 Å². The van der Waals surface area contributed by atoms with Crippen molar-refractivity contribution in [2.45, 2.75) is 52.6 Å². The summed E-state index contributed by atoms with van der Waals surface area (Å²) in [5.74, 6) is 0.803. The van der Waals surface area contributed by atoms with Crippen LogP contribution < -0.4 is 0 Å². The van der Waals surface area contributed by atoms with Crippen molar-refractivity contribution >= 4 is 0 Å². The van der Waals surface area contributed by atoms with E-state index in [1.165, 1.54) is 32.5 Å². The van der Waals surface area contributed by atoms with E-state index >= 15 is 0 Å². The molecule has 2 atom stereocenters. The van der Waals surface area contributed by atoms with Gasteiger partial charge in [0.25, 0.3) is 0 Å². The Morgan fingerprint density at radius 3 is 2.25 bits per heavy atom. The van der Waals surface area contributed by atoms with E-state index in [0.29, 0.717) is 5.41 Å². The third kappa shape index (κ3) is 2.14. The predicted molar refractivity (Wildman–Crippen MR) is 69.6 cm³/mol. The average Bonchev–Trinajstić information content (AvgIpc) is 2.72. The van der Waals surface area contributed by atoms with Gasteiger partial charge in [-0.05, 0) is 51.6 Å². The van der Waals surface area contributed by atoms with Gasteiger partial charge in [0.05, 0.1) is 0 Å². The number of hydrogen-bond donors (Lipinski definition) is 0. The summed E-state index contributed by atoms with van der Waals surface area (Å²) in [6, 6.07) is 1.54. The molecule has 0 aliphatic carbocycles. The quantitative estimate of drug-likeness (QED) is 0.711. The first-order chi connectivity index (χ1) is 7.43. The van der Waals surface area contributed by atoms with Gasteiger partial charge in [-0.3, -0.25) is 0 Å². The van der Waals surface area contributed by atoms with Gasteiger partial charge in [-0.15, -0.1) is 0 Å². The van der Waals surface area contributed by atoms with E-state index in [0.717, 1.165) is 18.0 Å². The van der Waals surface area contributed by atoms with Crippen LogP contribution in [0.5, 0.6) is 0 Å². The molecule has 94 valence electrons. The molecule has 2 heterocycles. The zero-order valence-corrected chi connectivity index (χ0v) is 11.7. The van der Waals surface area contributed by atoms with Crippen LogP contribution in [0.4, 0.5) is 0 Å². The van der Waals surface area contributed by atoms with Crippen LogP contribution >= 0.6 is 0 Å². The Morgan fingerprint density at radius 1 is 1.12 bits per heavy atom. The Morgan fingerprint density at radius 2 is 1.81 bits per heavy atom. The summed E-state index contributed by atoms with van der Waals surface area (Å²) < 4.78 is 0. The molecule has 2 nitrogen and oxygen atoms in total. The molecule has 2 fully saturated rings. The summed E-state index contributed by atoms with van der Waals surface area (Å²) >= 11 is 0. The molecule has 0 aromatic heterocycles. The summed E-state index contributed by atoms with van der Waals surface area (Å²) in [7, 11) is 2.32. The van der Waals surface area contributed by atoms with Gasteiger partial charge in [-0.1, -0.05) is 13.8 Å². The molecule has 0 N–H and O–H groups in total. The molecule has 0 aromatic carbocycles. The largest absolute Gasteiger partial charge is 0.303 e. The highest BCUT2D eigenvalue weighted by Gasteiger charge is 2.47. The highest BCUT2D eigenvalue weighted by molar-refractivity contribution is 5.01. The zero-order chi connectivity index (χ0) is 11.9. The van der Waals surface area contributed by atoms with E-state index in [4.69, 9.17) is 0 Å². The van der Waals surface area contributed by atoms with Crippen LogP contribution in [0.2, 0.25) is 0 Å². The Bertz CT molecular complexity index is 249. The van der Waals surface area contributed by atoms with Gasteiger partial charge in [0.1, 0.15) is 0 Å². The van der Waals surface area contributed by atoms with E-state index in [1.807, 2.05) is 0 Å². The van der Waals surface area contributed by atoms with Crippen molar-refractivity contribution in [1.29, 1.82) is 0 Å². The van der Waals surface area contributed by atoms with Crippen molar-refractivity contribution in [2.75, 3.05) is 26.7 Å². The minimum Gasteiger partial charge on any atom is -0.303 e. The van der Waals surface area contributed by atoms with Gasteiger partial charge in [-0.2, -0.15) is 0 Å². The second-order valence-corrected chi connectivity index (χ2v) is 6.74. The van der Waals surface area contributed by atoms with E-state index in [9.17, 15) is 0 Å². The Hall–Kier alpha value is -0.0800. The Labute approximate surface area is 101 Å². The van der Waals surface area contributed by atoms with Crippen LogP contribution in [0.15, 0.2) is 0 Å². The number of hydrogen-bond acceptors (Lipinski definition) is 2. The number of rotatable bonds is 2. The third-order valence-corrected chi connectivity index (χ3v) is 4.76. The lowest BCUT2D eigenvalue weighted by Crippen LogP contribution is -2.33. The maximum Gasteiger partial charge on any atom is 0.0122 e. The summed E-state index contributed by atoms with van der Waals surface area (Å²) in [4.78, 5) is 5.27. The molecule has 0 amide bonds. The van der Waals surface area contributed by atoms with E-state index < -0.39 is 0 Å². The molecule has 2 heteroatoms. The van der Waals surface area contributed by atoms with E-state index in [1.54, 1.807) is 0 Å². The zero-order valence-electron chi connectivity index (χ0n) is 11.7. The molecule has 1 spiro atoms. The number of nitrogens with zero attached hydrogens (tertiary/aromatic N) is 2. The van der Waals surface area contributed by atoms with Crippen LogP contribution in [0.3, 0.4) is 0 Å². The van der Waals surface area contributed by atoms with Crippen molar-refractivity contribution in [3.8, 4) is 0 Å². The van der Waals surface area contributed by atoms with E-state index in [-0.39, 0.29) is 0 Å². The molecule has 0 saturated carbocycles. The molecular weight excluding hydrogens is 196 g/mol. The predicted octanol–water partition coefficient (Wildman–Crippen LogP) is 2.45. The molecule has 2 saturated heterocycles. The van der Waals surface area contributed by atoms with Crippen molar-refractivity contribution < 1.29 is 0 Å². The second kappa shape index (κ2) is 4.30. The standard InChI is InChI=1S/C14H28N2/c1-11(2)13-8-14(9-15(13)5)6-7-16(10-14)12(3)4/h11-13H,6-10H2,1-5H3. The summed E-state index contributed by atoms with van der Waals surface area (Å²) in [6.07, 6.45) is 2.84. The minimum atomic E-state index is 0.619. The summed E-state index contributed by atoms with van der Waals surface area (Å²) in [5.41, 5.74) is 0.619. The van der Waals surface area contributed by atoms with Crippen molar-refractivity contribution in [3.63, 3.8) is 0 Å². The first-order valence-corrected chi connectivity index (χ1v) is 6.88. The smallest absolute Gasteiger partial charge is 0.0122 e. The SMILES string of the molecule is CC(C)C1CC2(CCN(C(C)C)C2)CN1C. The van der Waals surface area contributed by atoms with Gasteiger partial charge < -0.3 is 9.80 Å². The molecule has 0 radical (unpaired) electrons. The van der Waals surface area contributed by atoms with Crippen LogP contribution in [0.25, 0.3) is 0 Å². The molecule has 2 aliphatic rings. The fourth-order valence-electron chi connectivity index (χ4n) is 3.76. The van der Waals surface area contributed by atoms with Crippen molar-refractivity contribution in [1.82, 2.24) is 9.80 Å². The van der Waals surface area contributed by atoms with Crippen LogP contribution in [0, 0.1) is 11.3 Å². The fourth-order valence-corrected chi connectivity index (χ4v) is 3.76. The molecule has 0 bridgehead atoms. The lowest BCUT2D eigenvalue weighted by molar-refractivity contribution is 0.221. The topological polar surface area (TPSA) is 6.48 Å². The normalized spacial score (nSPS) is 37.3. The summed E-state index contributed by atoms with van der Waals surface area (Å²) in [6.45, 7) is 13.4. The first-order valence-electron chi connectivity index (χ1n) is 6.88. The average molecular weight is 224 g/mol. The molecular formula is C14H28N2. The van der Waals surface area contributed by atoms with Gasteiger partial charge in [0.2, 0.25) is 0 Å². The first kappa shape index (κ1) is 12.4. The molecule has 2 unspecified atom stereocenters. The van der Waals surface area contributed by atoms with Crippen LogP contribution in [0.1, 0.15) is 40.5 Å². The molecule has 2 aliphatic heterocycles. The monoisotopic (exact) mass is 224 g/mol. The Balaban J connectivity index is 2.02. The third-order valence-electron chi connectivity index (χ3n) is 4.76. The van der Waals surface area contributed by atoms with Gasteiger partial charge >= 0.3 is 0 Å². The second-order valence-electron chi connectivity index (χ2n) is 6.74. The van der Waals surface area contributed by atoms with Gasteiger partial charge in [-0.25, -0.2) is 0 Å². The van der Waals surface area contributed by atoms with Crippen molar-refractivity contribution in [3.05, 3.63) is 0 Å². The Kier molecular flexibility index (Phi) is 3.33. The highest BCUT2D eigenvalue weighted by Crippen LogP contribution is 2.44. The summed E-state index contributed by atoms with van der Waals surface area (Å²) in [5, 5.41) is 0.